The second kappa shape index (κ2) is 8.31. The highest BCUT2D eigenvalue weighted by Gasteiger charge is 2.13. The molecule has 138 valence electrons. The predicted molar refractivity (Wildman–Crippen MR) is 107 cm³/mol. The second-order valence-electron chi connectivity index (χ2n) is 6.05. The molecule has 2 aromatic carbocycles. The van der Waals surface area contributed by atoms with Crippen LogP contribution in [0.15, 0.2) is 54.6 Å². The van der Waals surface area contributed by atoms with Crippen LogP contribution in [0.25, 0.3) is 0 Å². The Labute approximate surface area is 158 Å². The Kier molecular flexibility index (Phi) is 5.66. The van der Waals surface area contributed by atoms with Crippen molar-refractivity contribution in [2.24, 2.45) is 0 Å². The molecule has 3 aromatic rings. The van der Waals surface area contributed by atoms with Gasteiger partial charge in [-0.15, -0.1) is 0 Å². The van der Waals surface area contributed by atoms with Crippen LogP contribution in [0.5, 0.6) is 0 Å². The monoisotopic (exact) mass is 362 g/mol. The summed E-state index contributed by atoms with van der Waals surface area (Å²) >= 11 is 0. The topological polar surface area (TPSA) is 76.1 Å². The van der Waals surface area contributed by atoms with E-state index >= 15 is 0 Å². The van der Waals surface area contributed by atoms with Crippen molar-refractivity contribution >= 4 is 29.1 Å². The molecule has 0 saturated heterocycles. The molecular formula is C21H22N4O2. The Morgan fingerprint density at radius 2 is 1.67 bits per heavy atom. The predicted octanol–water partition coefficient (Wildman–Crippen LogP) is 4.76. The largest absolute Gasteiger partial charge is 0.462 e. The lowest BCUT2D eigenvalue weighted by molar-refractivity contribution is 0.0527. The van der Waals surface area contributed by atoms with Crippen molar-refractivity contribution in [2.45, 2.75) is 20.8 Å². The average molecular weight is 362 g/mol. The Bertz CT molecular complexity index is 956. The zero-order valence-electron chi connectivity index (χ0n) is 15.6. The molecule has 1 aromatic heterocycles. The summed E-state index contributed by atoms with van der Waals surface area (Å²) in [5.41, 5.74) is 3.95. The number of aryl methyl sites for hydroxylation is 2. The maximum absolute atomic E-state index is 12.2. The number of esters is 1. The lowest BCUT2D eigenvalue weighted by Gasteiger charge is -2.13. The molecule has 0 bridgehead atoms. The molecule has 2 N–H and O–H groups in total. The van der Waals surface area contributed by atoms with E-state index in [2.05, 4.69) is 20.6 Å². The number of carbonyl (C=O) groups is 1. The summed E-state index contributed by atoms with van der Waals surface area (Å²) in [6.45, 7) is 6.03. The molecule has 6 nitrogen and oxygen atoms in total. The maximum atomic E-state index is 12.2. The third-order valence-electron chi connectivity index (χ3n) is 3.93. The van der Waals surface area contributed by atoms with E-state index in [9.17, 15) is 4.79 Å². The number of aromatic nitrogens is 2. The Balaban J connectivity index is 1.88. The first-order valence-electron chi connectivity index (χ1n) is 8.78. The van der Waals surface area contributed by atoms with Gasteiger partial charge in [-0.3, -0.25) is 0 Å². The molecule has 1 heterocycles. The molecule has 27 heavy (non-hydrogen) atoms. The van der Waals surface area contributed by atoms with Crippen molar-refractivity contribution in [3.05, 3.63) is 71.4 Å². The Hall–Kier alpha value is -3.41. The average Bonchev–Trinajstić information content (AvgIpc) is 2.64. The maximum Gasteiger partial charge on any atom is 0.340 e. The van der Waals surface area contributed by atoms with E-state index in [0.29, 0.717) is 29.6 Å². The van der Waals surface area contributed by atoms with Crippen molar-refractivity contribution in [1.29, 1.82) is 0 Å². The van der Waals surface area contributed by atoms with Crippen LogP contribution in [0.2, 0.25) is 0 Å². The van der Waals surface area contributed by atoms with Gasteiger partial charge in [0.05, 0.1) is 17.9 Å². The standard InChI is InChI=1S/C21H22N4O2/c1-4-27-20(26)16-10-6-8-12-18(16)24-21-22-15(3)13-19(25-21)23-17-11-7-5-9-14(17)2/h5-13H,4H2,1-3H3,(H2,22,23,24,25). The molecule has 0 aliphatic heterocycles. The lowest BCUT2D eigenvalue weighted by Crippen LogP contribution is -2.09. The molecular weight excluding hydrogens is 340 g/mol. The number of carbonyl (C=O) groups excluding carboxylic acids is 1. The van der Waals surface area contributed by atoms with Gasteiger partial charge in [0.15, 0.2) is 0 Å². The summed E-state index contributed by atoms with van der Waals surface area (Å²) in [4.78, 5) is 21.1. The van der Waals surface area contributed by atoms with Gasteiger partial charge in [-0.2, -0.15) is 4.98 Å². The molecule has 6 heteroatoms. The number of anilines is 4. The number of nitrogens with one attached hydrogen (secondary N) is 2. The summed E-state index contributed by atoms with van der Waals surface area (Å²) in [6.07, 6.45) is 0. The third-order valence-corrected chi connectivity index (χ3v) is 3.93. The molecule has 0 unspecified atom stereocenters. The van der Waals surface area contributed by atoms with E-state index in [0.717, 1.165) is 16.9 Å². The van der Waals surface area contributed by atoms with Crippen LogP contribution < -0.4 is 10.6 Å². The molecule has 0 amide bonds. The number of ether oxygens (including phenoxy) is 1. The zero-order chi connectivity index (χ0) is 19.2. The molecule has 0 fully saturated rings. The van der Waals surface area contributed by atoms with E-state index in [1.165, 1.54) is 0 Å². The van der Waals surface area contributed by atoms with Crippen LogP contribution in [-0.4, -0.2) is 22.5 Å². The molecule has 0 aliphatic rings. The highest BCUT2D eigenvalue weighted by Crippen LogP contribution is 2.23. The van der Waals surface area contributed by atoms with E-state index in [4.69, 9.17) is 4.74 Å². The summed E-state index contributed by atoms with van der Waals surface area (Å²) in [5, 5.41) is 6.44. The molecule has 0 aliphatic carbocycles. The van der Waals surface area contributed by atoms with Crippen LogP contribution in [-0.2, 0) is 4.74 Å². The number of rotatable bonds is 6. The minimum atomic E-state index is -0.383. The van der Waals surface area contributed by atoms with E-state index in [1.807, 2.05) is 50.2 Å². The van der Waals surface area contributed by atoms with Crippen molar-refractivity contribution in [3.8, 4) is 0 Å². The van der Waals surface area contributed by atoms with Gasteiger partial charge in [0, 0.05) is 17.4 Å². The number of hydrogen-bond donors (Lipinski definition) is 2. The minimum Gasteiger partial charge on any atom is -0.462 e. The summed E-state index contributed by atoms with van der Waals surface area (Å²) in [7, 11) is 0. The Morgan fingerprint density at radius 3 is 2.41 bits per heavy atom. The van der Waals surface area contributed by atoms with Crippen molar-refractivity contribution in [2.75, 3.05) is 17.2 Å². The van der Waals surface area contributed by atoms with E-state index in [1.54, 1.807) is 25.1 Å². The number of hydrogen-bond acceptors (Lipinski definition) is 6. The van der Waals surface area contributed by atoms with Crippen molar-refractivity contribution < 1.29 is 9.53 Å². The first kappa shape index (κ1) is 18.4. The SMILES string of the molecule is CCOC(=O)c1ccccc1Nc1nc(C)cc(Nc2ccccc2C)n1. The molecule has 0 atom stereocenters. The smallest absolute Gasteiger partial charge is 0.340 e. The van der Waals surface area contributed by atoms with Crippen molar-refractivity contribution in [1.82, 2.24) is 9.97 Å². The highest BCUT2D eigenvalue weighted by atomic mass is 16.5. The third kappa shape index (κ3) is 4.61. The van der Waals surface area contributed by atoms with E-state index in [-0.39, 0.29) is 5.97 Å². The fraction of sp³-hybridized carbons (Fsp3) is 0.190. The van der Waals surface area contributed by atoms with Crippen LogP contribution in [0.1, 0.15) is 28.5 Å². The molecule has 0 spiro atoms. The lowest BCUT2D eigenvalue weighted by atomic mass is 10.2. The van der Waals surface area contributed by atoms with Gasteiger partial charge in [-0.25, -0.2) is 9.78 Å². The van der Waals surface area contributed by atoms with Gasteiger partial charge in [-0.05, 0) is 44.5 Å². The van der Waals surface area contributed by atoms with Gasteiger partial charge in [-0.1, -0.05) is 30.3 Å². The number of benzene rings is 2. The summed E-state index contributed by atoms with van der Waals surface area (Å²) in [6, 6.07) is 17.0. The minimum absolute atomic E-state index is 0.318. The first-order valence-corrected chi connectivity index (χ1v) is 8.78. The molecule has 3 rings (SSSR count). The number of nitrogens with zero attached hydrogens (tertiary/aromatic N) is 2. The summed E-state index contributed by atoms with van der Waals surface area (Å²) < 4.78 is 5.11. The zero-order valence-corrected chi connectivity index (χ0v) is 15.6. The van der Waals surface area contributed by atoms with Crippen LogP contribution in [0.3, 0.4) is 0 Å². The fourth-order valence-corrected chi connectivity index (χ4v) is 2.64. The van der Waals surface area contributed by atoms with Crippen molar-refractivity contribution in [3.63, 3.8) is 0 Å². The van der Waals surface area contributed by atoms with Gasteiger partial charge >= 0.3 is 5.97 Å². The van der Waals surface area contributed by atoms with Gasteiger partial charge < -0.3 is 15.4 Å². The van der Waals surface area contributed by atoms with Crippen LogP contribution >= 0.6 is 0 Å². The molecule has 0 saturated carbocycles. The number of para-hydroxylation sites is 2. The van der Waals surface area contributed by atoms with Gasteiger partial charge in [0.25, 0.3) is 0 Å². The first-order chi connectivity index (χ1) is 13.1. The van der Waals surface area contributed by atoms with Crippen LogP contribution in [0, 0.1) is 13.8 Å². The summed E-state index contributed by atoms with van der Waals surface area (Å²) in [5.74, 6) is 0.697. The molecule has 0 radical (unpaired) electrons. The quantitative estimate of drug-likeness (QED) is 0.616. The second-order valence-corrected chi connectivity index (χ2v) is 6.05. The van der Waals surface area contributed by atoms with Gasteiger partial charge in [0.2, 0.25) is 5.95 Å². The van der Waals surface area contributed by atoms with Gasteiger partial charge in [0.1, 0.15) is 5.82 Å². The fourth-order valence-electron chi connectivity index (χ4n) is 2.64. The van der Waals surface area contributed by atoms with E-state index < -0.39 is 0 Å². The van der Waals surface area contributed by atoms with Crippen LogP contribution in [0.4, 0.5) is 23.1 Å². The Morgan fingerprint density at radius 1 is 0.963 bits per heavy atom. The highest BCUT2D eigenvalue weighted by molar-refractivity contribution is 5.96. The normalized spacial score (nSPS) is 10.3.